The van der Waals surface area contributed by atoms with Crippen molar-refractivity contribution in [1.29, 1.82) is 0 Å². The summed E-state index contributed by atoms with van der Waals surface area (Å²) in [6, 6.07) is 3.22. The second kappa shape index (κ2) is 6.61. The number of hydrogen-bond acceptors (Lipinski definition) is 3. The number of nitrogens with one attached hydrogen (secondary N) is 1. The van der Waals surface area contributed by atoms with Crippen molar-refractivity contribution in [3.8, 4) is 0 Å². The molecule has 1 rings (SSSR count). The third-order valence-corrected chi connectivity index (χ3v) is 2.89. The maximum atomic E-state index is 13.9. The Bertz CT molecular complexity index is 451. The fraction of sp³-hybridized carbons (Fsp3) is 0.500. The largest absolute Gasteiger partial charge is 0.466 e. The van der Waals surface area contributed by atoms with E-state index in [-0.39, 0.29) is 18.6 Å². The molecule has 5 heteroatoms. The fourth-order valence-corrected chi connectivity index (χ4v) is 2.06. The van der Waals surface area contributed by atoms with Gasteiger partial charge in [-0.15, -0.1) is 0 Å². The first-order chi connectivity index (χ1) is 8.92. The zero-order chi connectivity index (χ0) is 14.5. The number of benzene rings is 1. The smallest absolute Gasteiger partial charge is 0.307 e. The van der Waals surface area contributed by atoms with Crippen LogP contribution < -0.4 is 5.32 Å². The molecule has 0 fully saturated rings. The van der Waals surface area contributed by atoms with E-state index in [0.29, 0.717) is 6.54 Å². The first kappa shape index (κ1) is 15.6. The Hall–Kier alpha value is -1.49. The van der Waals surface area contributed by atoms with Crippen LogP contribution in [-0.2, 0) is 15.1 Å². The highest BCUT2D eigenvalue weighted by molar-refractivity contribution is 5.71. The van der Waals surface area contributed by atoms with E-state index in [1.165, 1.54) is 0 Å². The Kier molecular flexibility index (Phi) is 5.42. The summed E-state index contributed by atoms with van der Waals surface area (Å²) in [5.74, 6) is -1.53. The third kappa shape index (κ3) is 3.99. The second-order valence-electron chi connectivity index (χ2n) is 4.47. The Balaban J connectivity index is 3.10. The van der Waals surface area contributed by atoms with E-state index in [2.05, 4.69) is 5.32 Å². The molecule has 0 spiro atoms. The highest BCUT2D eigenvalue weighted by Crippen LogP contribution is 2.28. The minimum Gasteiger partial charge on any atom is -0.466 e. The minimum atomic E-state index is -0.993. The number of ether oxygens (including phenoxy) is 1. The molecule has 0 saturated heterocycles. The predicted octanol–water partition coefficient (Wildman–Crippen LogP) is 2.74. The highest BCUT2D eigenvalue weighted by Gasteiger charge is 2.32. The lowest BCUT2D eigenvalue weighted by molar-refractivity contribution is -0.144. The summed E-state index contributed by atoms with van der Waals surface area (Å²) in [6.45, 7) is 5.97. The maximum absolute atomic E-state index is 13.9. The zero-order valence-corrected chi connectivity index (χ0v) is 11.4. The van der Waals surface area contributed by atoms with Crippen LogP contribution in [0.3, 0.4) is 0 Å². The molecular weight excluding hydrogens is 252 g/mol. The molecule has 0 amide bonds. The monoisotopic (exact) mass is 271 g/mol. The van der Waals surface area contributed by atoms with Gasteiger partial charge in [0, 0.05) is 5.56 Å². The van der Waals surface area contributed by atoms with E-state index in [4.69, 9.17) is 4.74 Å². The number of rotatable bonds is 6. The minimum absolute atomic E-state index is 0.0605. The van der Waals surface area contributed by atoms with Crippen LogP contribution in [-0.4, -0.2) is 19.1 Å². The van der Waals surface area contributed by atoms with Gasteiger partial charge in [-0.25, -0.2) is 8.78 Å². The van der Waals surface area contributed by atoms with E-state index in [0.717, 1.165) is 18.2 Å². The molecule has 0 aromatic heterocycles. The average molecular weight is 271 g/mol. The molecule has 1 atom stereocenters. The quantitative estimate of drug-likeness (QED) is 0.808. The first-order valence-electron chi connectivity index (χ1n) is 6.29. The van der Waals surface area contributed by atoms with Crippen molar-refractivity contribution in [2.75, 3.05) is 13.2 Å². The third-order valence-electron chi connectivity index (χ3n) is 2.89. The van der Waals surface area contributed by atoms with Crippen LogP contribution >= 0.6 is 0 Å². The number of esters is 1. The molecule has 0 aliphatic heterocycles. The Morgan fingerprint density at radius 3 is 2.63 bits per heavy atom. The summed E-state index contributed by atoms with van der Waals surface area (Å²) in [5, 5.41) is 3.03. The van der Waals surface area contributed by atoms with E-state index in [1.54, 1.807) is 13.8 Å². The molecule has 1 N–H and O–H groups in total. The van der Waals surface area contributed by atoms with Crippen molar-refractivity contribution in [2.45, 2.75) is 32.7 Å². The van der Waals surface area contributed by atoms with Gasteiger partial charge in [0.2, 0.25) is 0 Å². The fourth-order valence-electron chi connectivity index (χ4n) is 2.06. The molecule has 19 heavy (non-hydrogen) atoms. The SMILES string of the molecule is CCNC(C)(CC(=O)OCC)c1cc(F)ccc1F. The Labute approximate surface area is 112 Å². The van der Waals surface area contributed by atoms with Crippen LogP contribution in [0.15, 0.2) is 18.2 Å². The van der Waals surface area contributed by atoms with Gasteiger partial charge < -0.3 is 10.1 Å². The summed E-state index contributed by atoms with van der Waals surface area (Å²) in [4.78, 5) is 11.6. The van der Waals surface area contributed by atoms with Gasteiger partial charge in [0.05, 0.1) is 18.6 Å². The van der Waals surface area contributed by atoms with Crippen LogP contribution in [0.1, 0.15) is 32.8 Å². The molecule has 0 heterocycles. The summed E-state index contributed by atoms with van der Waals surface area (Å²) >= 11 is 0. The summed E-state index contributed by atoms with van der Waals surface area (Å²) < 4.78 is 32.0. The number of hydrogen-bond donors (Lipinski definition) is 1. The van der Waals surface area contributed by atoms with Crippen LogP contribution in [0.2, 0.25) is 0 Å². The lowest BCUT2D eigenvalue weighted by atomic mass is 9.88. The summed E-state index contributed by atoms with van der Waals surface area (Å²) in [6.07, 6.45) is -0.0605. The highest BCUT2D eigenvalue weighted by atomic mass is 19.1. The van der Waals surface area contributed by atoms with Gasteiger partial charge in [-0.3, -0.25) is 4.79 Å². The molecular formula is C14H19F2NO2. The van der Waals surface area contributed by atoms with Crippen LogP contribution in [0.5, 0.6) is 0 Å². The molecule has 106 valence electrons. The topological polar surface area (TPSA) is 38.3 Å². The molecule has 3 nitrogen and oxygen atoms in total. The summed E-state index contributed by atoms with van der Waals surface area (Å²) in [5.41, 5.74) is -0.866. The van der Waals surface area contributed by atoms with E-state index >= 15 is 0 Å². The van der Waals surface area contributed by atoms with Crippen LogP contribution in [0.4, 0.5) is 8.78 Å². The lowest BCUT2D eigenvalue weighted by Gasteiger charge is -2.30. The van der Waals surface area contributed by atoms with Crippen molar-refractivity contribution in [3.05, 3.63) is 35.4 Å². The zero-order valence-electron chi connectivity index (χ0n) is 11.4. The van der Waals surface area contributed by atoms with Crippen molar-refractivity contribution >= 4 is 5.97 Å². The molecule has 1 aromatic rings. The second-order valence-corrected chi connectivity index (χ2v) is 4.47. The van der Waals surface area contributed by atoms with Crippen molar-refractivity contribution in [1.82, 2.24) is 5.32 Å². The van der Waals surface area contributed by atoms with Gasteiger partial charge in [-0.1, -0.05) is 6.92 Å². The van der Waals surface area contributed by atoms with Gasteiger partial charge in [0.25, 0.3) is 0 Å². The number of carbonyl (C=O) groups is 1. The maximum Gasteiger partial charge on any atom is 0.307 e. The van der Waals surface area contributed by atoms with Crippen molar-refractivity contribution < 1.29 is 18.3 Å². The lowest BCUT2D eigenvalue weighted by Crippen LogP contribution is -2.42. The predicted molar refractivity (Wildman–Crippen MR) is 68.6 cm³/mol. The molecule has 0 saturated carbocycles. The van der Waals surface area contributed by atoms with Gasteiger partial charge >= 0.3 is 5.97 Å². The van der Waals surface area contributed by atoms with E-state index < -0.39 is 23.1 Å². The van der Waals surface area contributed by atoms with Crippen LogP contribution in [0.25, 0.3) is 0 Å². The molecule has 0 radical (unpaired) electrons. The Morgan fingerprint density at radius 1 is 1.37 bits per heavy atom. The van der Waals surface area contributed by atoms with Gasteiger partial charge in [0.15, 0.2) is 0 Å². The van der Waals surface area contributed by atoms with Crippen molar-refractivity contribution in [3.63, 3.8) is 0 Å². The average Bonchev–Trinajstić information content (AvgIpc) is 2.32. The molecule has 1 unspecified atom stereocenters. The van der Waals surface area contributed by atoms with Crippen molar-refractivity contribution in [2.24, 2.45) is 0 Å². The van der Waals surface area contributed by atoms with E-state index in [9.17, 15) is 13.6 Å². The van der Waals surface area contributed by atoms with Gasteiger partial charge in [-0.2, -0.15) is 0 Å². The number of halogens is 2. The van der Waals surface area contributed by atoms with Crippen LogP contribution in [0, 0.1) is 11.6 Å². The molecule has 0 aliphatic rings. The standard InChI is InChI=1S/C14H19F2NO2/c1-4-17-14(3,9-13(18)19-5-2)11-8-10(15)6-7-12(11)16/h6-8,17H,4-5,9H2,1-3H3. The van der Waals surface area contributed by atoms with Gasteiger partial charge in [-0.05, 0) is 38.6 Å². The first-order valence-corrected chi connectivity index (χ1v) is 6.29. The molecule has 1 aromatic carbocycles. The molecule has 0 bridgehead atoms. The van der Waals surface area contributed by atoms with E-state index in [1.807, 2.05) is 6.92 Å². The molecule has 0 aliphatic carbocycles. The Morgan fingerprint density at radius 2 is 2.05 bits per heavy atom. The summed E-state index contributed by atoms with van der Waals surface area (Å²) in [7, 11) is 0. The normalized spacial score (nSPS) is 13.9. The van der Waals surface area contributed by atoms with Gasteiger partial charge in [0.1, 0.15) is 11.6 Å². The number of carbonyl (C=O) groups excluding carboxylic acids is 1.